The van der Waals surface area contributed by atoms with Crippen molar-refractivity contribution in [2.45, 2.75) is 44.4 Å². The van der Waals surface area contributed by atoms with E-state index in [0.717, 1.165) is 0 Å². The molecule has 0 saturated carbocycles. The van der Waals surface area contributed by atoms with Crippen molar-refractivity contribution in [2.75, 3.05) is 0 Å². The third-order valence-electron chi connectivity index (χ3n) is 3.60. The van der Waals surface area contributed by atoms with E-state index in [1.54, 1.807) is 18.2 Å². The van der Waals surface area contributed by atoms with Crippen LogP contribution in [-0.2, 0) is 9.47 Å². The Morgan fingerprint density at radius 3 is 2.68 bits per heavy atom. The molecular weight excluding hydrogens is 416 g/mol. The predicted octanol–water partition coefficient (Wildman–Crippen LogP) is 3.80. The first-order chi connectivity index (χ1) is 10.4. The minimum atomic E-state index is -0.582. The highest BCUT2D eigenvalue weighted by atomic mass is 79.9. The van der Waals surface area contributed by atoms with Crippen molar-refractivity contribution < 1.29 is 14.2 Å². The monoisotopic (exact) mass is 430 g/mol. The topological polar surface area (TPSA) is 44.8 Å². The molecule has 1 aromatic carbocycles. The van der Waals surface area contributed by atoms with Gasteiger partial charge in [-0.2, -0.15) is 0 Å². The second-order valence-corrected chi connectivity index (χ2v) is 7.50. The van der Waals surface area contributed by atoms with E-state index in [-0.39, 0.29) is 23.7 Å². The second-order valence-electron chi connectivity index (χ2n) is 5.80. The Balaban J connectivity index is 1.82. The minimum Gasteiger partial charge on any atom is -0.481 e. The lowest BCUT2D eigenvalue weighted by Crippen LogP contribution is -2.33. The predicted molar refractivity (Wildman–Crippen MR) is 90.1 cm³/mol. The molecule has 0 spiro atoms. The number of rotatable bonds is 2. The van der Waals surface area contributed by atoms with Gasteiger partial charge in [0.2, 0.25) is 5.43 Å². The van der Waals surface area contributed by atoms with Crippen LogP contribution in [0.4, 0.5) is 0 Å². The van der Waals surface area contributed by atoms with Crippen LogP contribution >= 0.6 is 31.9 Å². The second kappa shape index (κ2) is 6.07. The molecule has 3 atom stereocenters. The smallest absolute Gasteiger partial charge is 0.235 e. The van der Waals surface area contributed by atoms with Gasteiger partial charge in [0, 0.05) is 6.42 Å². The minimum absolute atomic E-state index is 0.0522. The molecule has 0 unspecified atom stereocenters. The van der Waals surface area contributed by atoms with E-state index in [9.17, 15) is 4.79 Å². The zero-order valence-corrected chi connectivity index (χ0v) is 15.4. The lowest BCUT2D eigenvalue weighted by molar-refractivity contribution is -0.143. The molecule has 1 aromatic rings. The Labute approximate surface area is 145 Å². The standard InChI is InChI=1S/C16H16Br2O4/c1-16(2)21-12-7-6-9(8-13(12)22-16)20-15-11(18)5-3-4-10(17)14(15)19/h3-7,9,12-13H,8H2,1-2H3/t9-,12+,13-/m1/s1. The average Bonchev–Trinajstić information content (AvgIpc) is 2.70. The largest absolute Gasteiger partial charge is 0.481 e. The van der Waals surface area contributed by atoms with E-state index in [1.807, 2.05) is 26.0 Å². The lowest BCUT2D eigenvalue weighted by atomic mass is 9.99. The number of hydrogen-bond donors (Lipinski definition) is 0. The summed E-state index contributed by atoms with van der Waals surface area (Å²) in [6.45, 7) is 3.80. The molecule has 1 fully saturated rings. The Bertz CT molecular complexity index is 672. The van der Waals surface area contributed by atoms with Gasteiger partial charge in [0.25, 0.3) is 0 Å². The van der Waals surface area contributed by atoms with E-state index in [0.29, 0.717) is 21.1 Å². The number of fused-ring (bicyclic) bond motifs is 1. The van der Waals surface area contributed by atoms with Crippen LogP contribution in [0, 0.1) is 0 Å². The molecule has 118 valence electrons. The quantitative estimate of drug-likeness (QED) is 0.668. The van der Waals surface area contributed by atoms with Gasteiger partial charge in [-0.15, -0.1) is 0 Å². The highest BCUT2D eigenvalue weighted by molar-refractivity contribution is 9.11. The van der Waals surface area contributed by atoms with Gasteiger partial charge in [-0.1, -0.05) is 12.1 Å². The van der Waals surface area contributed by atoms with E-state index >= 15 is 0 Å². The number of ether oxygens (including phenoxy) is 3. The summed E-state index contributed by atoms with van der Waals surface area (Å²) < 4.78 is 18.7. The molecule has 0 bridgehead atoms. The highest BCUT2D eigenvalue weighted by Crippen LogP contribution is 2.35. The molecule has 0 radical (unpaired) electrons. The summed E-state index contributed by atoms with van der Waals surface area (Å²) in [6, 6.07) is 5.27. The summed E-state index contributed by atoms with van der Waals surface area (Å²) in [5.41, 5.74) is -0.184. The van der Waals surface area contributed by atoms with Gasteiger partial charge < -0.3 is 14.2 Å². The van der Waals surface area contributed by atoms with Crippen molar-refractivity contribution in [1.29, 1.82) is 0 Å². The van der Waals surface area contributed by atoms with Crippen molar-refractivity contribution in [2.24, 2.45) is 0 Å². The first-order valence-corrected chi connectivity index (χ1v) is 8.63. The van der Waals surface area contributed by atoms with Crippen LogP contribution in [0.5, 0.6) is 5.75 Å². The highest BCUT2D eigenvalue weighted by Gasteiger charge is 2.43. The molecule has 3 rings (SSSR count). The first kappa shape index (κ1) is 16.2. The molecule has 22 heavy (non-hydrogen) atoms. The van der Waals surface area contributed by atoms with Crippen molar-refractivity contribution in [3.8, 4) is 5.75 Å². The molecule has 6 heteroatoms. The molecule has 0 N–H and O–H groups in total. The molecule has 2 aliphatic rings. The average molecular weight is 432 g/mol. The number of halogens is 2. The maximum absolute atomic E-state index is 12.3. The van der Waals surface area contributed by atoms with Gasteiger partial charge in [0.05, 0.1) is 15.0 Å². The van der Waals surface area contributed by atoms with Crippen LogP contribution in [0.3, 0.4) is 0 Å². The van der Waals surface area contributed by atoms with Gasteiger partial charge >= 0.3 is 0 Å². The summed E-state index contributed by atoms with van der Waals surface area (Å²) >= 11 is 6.65. The van der Waals surface area contributed by atoms with E-state index in [1.165, 1.54) is 0 Å². The SMILES string of the molecule is CC1(C)O[C@H]2C=C[C@@H](Oc3c(Br)cccc(Br)c3=O)C[C@H]2O1. The summed E-state index contributed by atoms with van der Waals surface area (Å²) in [5, 5.41) is 0. The fourth-order valence-corrected chi connectivity index (χ4v) is 3.44. The summed E-state index contributed by atoms with van der Waals surface area (Å²) in [6.07, 6.45) is 4.19. The Hall–Kier alpha value is -0.690. The summed E-state index contributed by atoms with van der Waals surface area (Å²) in [7, 11) is 0. The Morgan fingerprint density at radius 2 is 1.91 bits per heavy atom. The van der Waals surface area contributed by atoms with Crippen LogP contribution in [0.2, 0.25) is 0 Å². The molecule has 1 aliphatic heterocycles. The molecule has 1 heterocycles. The van der Waals surface area contributed by atoms with Gasteiger partial charge in [0.15, 0.2) is 11.5 Å². The molecule has 1 saturated heterocycles. The fraction of sp³-hybridized carbons (Fsp3) is 0.438. The van der Waals surface area contributed by atoms with Crippen LogP contribution < -0.4 is 10.2 Å². The van der Waals surface area contributed by atoms with Gasteiger partial charge in [-0.25, -0.2) is 0 Å². The van der Waals surface area contributed by atoms with Crippen LogP contribution in [0.15, 0.2) is 44.1 Å². The van der Waals surface area contributed by atoms with E-state index in [2.05, 4.69) is 31.9 Å². The molecule has 4 nitrogen and oxygen atoms in total. The number of hydrogen-bond acceptors (Lipinski definition) is 4. The molecule has 0 amide bonds. The van der Waals surface area contributed by atoms with E-state index < -0.39 is 5.79 Å². The van der Waals surface area contributed by atoms with E-state index in [4.69, 9.17) is 14.2 Å². The van der Waals surface area contributed by atoms with Gasteiger partial charge in [-0.05, 0) is 63.9 Å². The molecule has 1 aliphatic carbocycles. The van der Waals surface area contributed by atoms with Crippen molar-refractivity contribution >= 4 is 31.9 Å². The third-order valence-corrected chi connectivity index (χ3v) is 4.84. The Morgan fingerprint density at radius 1 is 1.18 bits per heavy atom. The van der Waals surface area contributed by atoms with Crippen molar-refractivity contribution in [3.63, 3.8) is 0 Å². The molecular formula is C16H16Br2O4. The summed E-state index contributed by atoms with van der Waals surface area (Å²) in [5.74, 6) is -0.288. The Kier molecular flexibility index (Phi) is 4.47. The maximum Gasteiger partial charge on any atom is 0.235 e. The van der Waals surface area contributed by atoms with Crippen molar-refractivity contribution in [3.05, 3.63) is 49.5 Å². The maximum atomic E-state index is 12.3. The van der Waals surface area contributed by atoms with Crippen LogP contribution in [-0.4, -0.2) is 24.1 Å². The van der Waals surface area contributed by atoms with Crippen LogP contribution in [0.1, 0.15) is 20.3 Å². The third kappa shape index (κ3) is 3.30. The fourth-order valence-electron chi connectivity index (χ4n) is 2.68. The lowest BCUT2D eigenvalue weighted by Gasteiger charge is -2.25. The first-order valence-electron chi connectivity index (χ1n) is 7.05. The zero-order chi connectivity index (χ0) is 15.9. The van der Waals surface area contributed by atoms with Crippen molar-refractivity contribution in [1.82, 2.24) is 0 Å². The summed E-state index contributed by atoms with van der Waals surface area (Å²) in [4.78, 5) is 12.3. The van der Waals surface area contributed by atoms with Gasteiger partial charge in [-0.3, -0.25) is 4.79 Å². The zero-order valence-electron chi connectivity index (χ0n) is 12.2. The normalized spacial score (nSPS) is 29.2. The van der Waals surface area contributed by atoms with Gasteiger partial charge in [0.1, 0.15) is 12.2 Å². The molecule has 0 aromatic heterocycles. The van der Waals surface area contributed by atoms with Crippen LogP contribution in [0.25, 0.3) is 0 Å².